The van der Waals surface area contributed by atoms with Crippen molar-refractivity contribution in [2.24, 2.45) is 0 Å². The predicted molar refractivity (Wildman–Crippen MR) is 61.4 cm³/mol. The number of hydrogen-bond donors (Lipinski definition) is 0. The summed E-state index contributed by atoms with van der Waals surface area (Å²) >= 11 is 0. The Labute approximate surface area is 97.5 Å². The highest BCUT2D eigenvalue weighted by molar-refractivity contribution is 7.88. The molecule has 0 bridgehead atoms. The summed E-state index contributed by atoms with van der Waals surface area (Å²) in [5, 5.41) is 0. The normalized spacial score (nSPS) is 29.8. The number of ketones is 1. The Balaban J connectivity index is 3.09. The maximum Gasteiger partial charge on any atom is 0.332 e. The molecule has 4 nitrogen and oxygen atoms in total. The molecule has 2 atom stereocenters. The van der Waals surface area contributed by atoms with Crippen molar-refractivity contribution in [3.63, 3.8) is 0 Å². The molecule has 90 valence electrons. The third-order valence-corrected chi connectivity index (χ3v) is 4.61. The largest absolute Gasteiger partial charge is 0.465 e. The van der Waals surface area contributed by atoms with Gasteiger partial charge in [0.2, 0.25) is 4.75 Å². The van der Waals surface area contributed by atoms with Crippen LogP contribution in [-0.2, 0) is 25.1 Å². The van der Waals surface area contributed by atoms with Crippen LogP contribution < -0.4 is 0 Å². The molecule has 0 saturated carbocycles. The molecule has 1 heterocycles. The Morgan fingerprint density at radius 1 is 1.69 bits per heavy atom. The average Bonchev–Trinajstić information content (AvgIpc) is 2.24. The van der Waals surface area contributed by atoms with Crippen LogP contribution in [0.25, 0.3) is 0 Å². The molecule has 0 aliphatic carbocycles. The zero-order chi connectivity index (χ0) is 12.2. The maximum atomic E-state index is 12.0. The second-order valence-corrected chi connectivity index (χ2v) is 5.41. The van der Waals surface area contributed by atoms with E-state index < -0.39 is 21.5 Å². The molecule has 16 heavy (non-hydrogen) atoms. The molecule has 0 N–H and O–H groups in total. The lowest BCUT2D eigenvalue weighted by atomic mass is 9.95. The lowest BCUT2D eigenvalue weighted by Gasteiger charge is -2.31. The van der Waals surface area contributed by atoms with Crippen LogP contribution >= 0.6 is 0 Å². The number of Topliss-reactive ketones (excluding diaryl/α,β-unsaturated/α-hetero) is 1. The van der Waals surface area contributed by atoms with Crippen LogP contribution in [-0.4, -0.2) is 33.1 Å². The first kappa shape index (κ1) is 13.1. The highest BCUT2D eigenvalue weighted by Gasteiger charge is 2.52. The molecule has 5 heteroatoms. The van der Waals surface area contributed by atoms with Crippen molar-refractivity contribution in [1.82, 2.24) is 0 Å². The van der Waals surface area contributed by atoms with E-state index in [0.717, 1.165) is 0 Å². The predicted octanol–water partition coefficient (Wildman–Crippen LogP) is 0.976. The summed E-state index contributed by atoms with van der Waals surface area (Å²) in [5.41, 5.74) is 0. The van der Waals surface area contributed by atoms with Crippen LogP contribution in [0.4, 0.5) is 0 Å². The highest BCUT2D eigenvalue weighted by atomic mass is 32.2. The fourth-order valence-electron chi connectivity index (χ4n) is 1.81. The van der Waals surface area contributed by atoms with Crippen molar-refractivity contribution >= 4 is 22.6 Å². The summed E-state index contributed by atoms with van der Waals surface area (Å²) in [6.07, 6.45) is 2.41. The van der Waals surface area contributed by atoms with Crippen molar-refractivity contribution < 1.29 is 18.5 Å². The van der Waals surface area contributed by atoms with E-state index in [9.17, 15) is 13.8 Å². The van der Waals surface area contributed by atoms with Crippen LogP contribution in [0, 0.1) is 0 Å². The summed E-state index contributed by atoms with van der Waals surface area (Å²) in [4.78, 5) is 23.7. The van der Waals surface area contributed by atoms with Gasteiger partial charge in [0, 0.05) is 29.4 Å². The van der Waals surface area contributed by atoms with Crippen molar-refractivity contribution in [2.45, 2.75) is 30.9 Å². The van der Waals surface area contributed by atoms with Gasteiger partial charge in [0.05, 0.1) is 6.61 Å². The number of carbonyl (C=O) groups is 2. The molecule has 1 aliphatic heterocycles. The quantitative estimate of drug-likeness (QED) is 0.420. The number of allylic oxidation sites excluding steroid dienone is 1. The molecule has 0 aromatic heterocycles. The van der Waals surface area contributed by atoms with Gasteiger partial charge in [-0.1, -0.05) is 6.08 Å². The molecular formula is C11H16O4S. The van der Waals surface area contributed by atoms with Crippen molar-refractivity contribution in [3.8, 4) is 0 Å². The van der Waals surface area contributed by atoms with Gasteiger partial charge in [0.15, 0.2) is 5.78 Å². The summed E-state index contributed by atoms with van der Waals surface area (Å²) in [6, 6.07) is 0. The third-order valence-electron chi connectivity index (χ3n) is 2.61. The lowest BCUT2D eigenvalue weighted by Crippen LogP contribution is -2.54. The van der Waals surface area contributed by atoms with E-state index in [1.165, 1.54) is 6.08 Å². The number of hydrogen-bond acceptors (Lipinski definition) is 4. The Hall–Kier alpha value is -0.970. The average molecular weight is 244 g/mol. The Bertz CT molecular complexity index is 319. The highest BCUT2D eigenvalue weighted by Crippen LogP contribution is 2.30. The fraction of sp³-hybridized carbons (Fsp3) is 0.636. The smallest absolute Gasteiger partial charge is 0.332 e. The van der Waals surface area contributed by atoms with Gasteiger partial charge in [0.25, 0.3) is 0 Å². The first-order valence-electron chi connectivity index (χ1n) is 5.29. The van der Waals surface area contributed by atoms with E-state index in [1.54, 1.807) is 6.92 Å². The maximum absolute atomic E-state index is 12.0. The second-order valence-electron chi connectivity index (χ2n) is 3.62. The minimum Gasteiger partial charge on any atom is -0.465 e. The molecule has 0 radical (unpaired) electrons. The Morgan fingerprint density at radius 3 is 2.88 bits per heavy atom. The molecule has 2 unspecified atom stereocenters. The first-order chi connectivity index (χ1) is 7.59. The Kier molecular flexibility index (Phi) is 4.41. The SMILES string of the molecule is C=CCC1(C(=O)OCC)C(=O)CCCS1=O. The molecule has 1 fully saturated rings. The van der Waals surface area contributed by atoms with Gasteiger partial charge >= 0.3 is 5.97 Å². The van der Waals surface area contributed by atoms with E-state index in [2.05, 4.69) is 6.58 Å². The molecule has 1 saturated heterocycles. The summed E-state index contributed by atoms with van der Waals surface area (Å²) in [6.45, 7) is 5.36. The zero-order valence-corrected chi connectivity index (χ0v) is 10.2. The Morgan fingerprint density at radius 2 is 2.38 bits per heavy atom. The molecule has 0 spiro atoms. The molecular weight excluding hydrogens is 228 g/mol. The van der Waals surface area contributed by atoms with E-state index >= 15 is 0 Å². The van der Waals surface area contributed by atoms with Gasteiger partial charge in [-0.05, 0) is 13.3 Å². The van der Waals surface area contributed by atoms with Crippen molar-refractivity contribution in [3.05, 3.63) is 12.7 Å². The number of carbonyl (C=O) groups excluding carboxylic acids is 2. The number of rotatable bonds is 4. The van der Waals surface area contributed by atoms with Gasteiger partial charge in [-0.3, -0.25) is 9.00 Å². The van der Waals surface area contributed by atoms with Gasteiger partial charge in [0.1, 0.15) is 0 Å². The fourth-order valence-corrected chi connectivity index (χ4v) is 3.47. The van der Waals surface area contributed by atoms with Crippen molar-refractivity contribution in [1.29, 1.82) is 0 Å². The molecule has 0 aromatic rings. The van der Waals surface area contributed by atoms with Crippen LogP contribution in [0.1, 0.15) is 26.2 Å². The van der Waals surface area contributed by atoms with E-state index in [-0.39, 0.29) is 18.8 Å². The molecule has 0 amide bonds. The number of ether oxygens (including phenoxy) is 1. The van der Waals surface area contributed by atoms with Crippen LogP contribution in [0.3, 0.4) is 0 Å². The van der Waals surface area contributed by atoms with Gasteiger partial charge in [-0.15, -0.1) is 6.58 Å². The summed E-state index contributed by atoms with van der Waals surface area (Å²) in [5.74, 6) is -0.577. The van der Waals surface area contributed by atoms with Crippen LogP contribution in [0.2, 0.25) is 0 Å². The number of esters is 1. The standard InChI is InChI=1S/C11H16O4S/c1-3-7-11(10(13)15-4-2)9(12)6-5-8-16(11)14/h3H,1,4-8H2,2H3. The van der Waals surface area contributed by atoms with Crippen molar-refractivity contribution in [2.75, 3.05) is 12.4 Å². The van der Waals surface area contributed by atoms with Gasteiger partial charge < -0.3 is 4.74 Å². The summed E-state index contributed by atoms with van der Waals surface area (Å²) < 4.78 is 15.4. The molecule has 0 aromatic carbocycles. The van der Waals surface area contributed by atoms with Gasteiger partial charge in [-0.25, -0.2) is 4.79 Å². The van der Waals surface area contributed by atoms with Crippen LogP contribution in [0.5, 0.6) is 0 Å². The second kappa shape index (κ2) is 5.39. The molecule has 1 rings (SSSR count). The summed E-state index contributed by atoms with van der Waals surface area (Å²) in [7, 11) is -1.49. The van der Waals surface area contributed by atoms with Crippen LogP contribution in [0.15, 0.2) is 12.7 Å². The molecule has 1 aliphatic rings. The minimum absolute atomic E-state index is 0.0945. The van der Waals surface area contributed by atoms with E-state index in [0.29, 0.717) is 18.6 Å². The van der Waals surface area contributed by atoms with Gasteiger partial charge in [-0.2, -0.15) is 0 Å². The topological polar surface area (TPSA) is 60.4 Å². The minimum atomic E-state index is -1.49. The zero-order valence-electron chi connectivity index (χ0n) is 9.36. The van der Waals surface area contributed by atoms with E-state index in [4.69, 9.17) is 4.74 Å². The third kappa shape index (κ3) is 2.09. The lowest BCUT2D eigenvalue weighted by molar-refractivity contribution is -0.149. The first-order valence-corrected chi connectivity index (χ1v) is 6.61. The monoisotopic (exact) mass is 244 g/mol. The van der Waals surface area contributed by atoms with E-state index in [1.807, 2.05) is 0 Å².